The molecule has 0 radical (unpaired) electrons. The molecule has 1 aromatic carbocycles. The van der Waals surface area contributed by atoms with Gasteiger partial charge < -0.3 is 25.8 Å². The lowest BCUT2D eigenvalue weighted by Gasteiger charge is -2.42. The number of anilines is 3. The minimum absolute atomic E-state index is 0.0885. The number of nitrogens with zero attached hydrogens (tertiary/aromatic N) is 7. The normalized spacial score (nSPS) is 25.2. The molecule has 6 amide bonds. The van der Waals surface area contributed by atoms with Crippen molar-refractivity contribution in [2.24, 2.45) is 17.1 Å². The van der Waals surface area contributed by atoms with Gasteiger partial charge in [0.05, 0.1) is 27.9 Å². The molecule has 17 heteroatoms. The number of benzene rings is 1. The maximum Gasteiger partial charge on any atom is 0.271 e. The molecule has 4 N–H and O–H groups in total. The summed E-state index contributed by atoms with van der Waals surface area (Å²) in [7, 11) is 0. The van der Waals surface area contributed by atoms with E-state index in [0.717, 1.165) is 124 Å². The van der Waals surface area contributed by atoms with Gasteiger partial charge in [0.1, 0.15) is 11.0 Å². The Kier molecular flexibility index (Phi) is 10.4. The van der Waals surface area contributed by atoms with Crippen LogP contribution in [-0.4, -0.2) is 116 Å². The highest BCUT2D eigenvalue weighted by atomic mass is 32.1. The van der Waals surface area contributed by atoms with Crippen LogP contribution in [-0.2, 0) is 14.4 Å². The van der Waals surface area contributed by atoms with Crippen molar-refractivity contribution < 1.29 is 28.8 Å². The van der Waals surface area contributed by atoms with Crippen molar-refractivity contribution in [3.8, 4) is 0 Å². The first-order valence-electron chi connectivity index (χ1n) is 21.0. The maximum atomic E-state index is 14.2. The minimum atomic E-state index is -0.978. The standard InChI is InChI=1S/C42H50N10O6S/c1-24-19-34(59-48-24)47-37-35(36(43)54)44-22-31(45-37)26-3-2-4-28(20-26)51-18-13-42(41(51)58)11-16-49(17-12-42)23-25-9-14-50(15-10-25)27-5-6-29-30(21-27)40(57)52(39(29)56)32-7-8-33(53)46-38(32)55/h5-6,19,21-22,25-26,28,32H,2-4,7-18,20,23H2,1H3,(H2,43,54)(H,45,47)(H,46,53,55)/t26?,28-,32+/m1/s1. The van der Waals surface area contributed by atoms with Gasteiger partial charge in [-0.2, -0.15) is 4.37 Å². The number of amides is 6. The SMILES string of the molecule is Cc1cc(Nc2nc(C3CCC[C@@H](N4CCC5(CCN(CC6CCN(c7ccc8c(c7)C(=O)N([C@H]7CCC(=O)NC7=O)C8=O)CC6)CC5)C4=O)C3)cnc2C(N)=O)sn1. The van der Waals surface area contributed by atoms with E-state index < -0.39 is 35.6 Å². The van der Waals surface area contributed by atoms with Crippen molar-refractivity contribution in [1.29, 1.82) is 0 Å². The number of aryl methyl sites for hydroxylation is 1. The molecule has 3 atom stereocenters. The first-order chi connectivity index (χ1) is 28.5. The molecule has 1 saturated carbocycles. The number of carbonyl (C=O) groups is 6. The summed E-state index contributed by atoms with van der Waals surface area (Å²) in [5.74, 6) is -1.33. The Morgan fingerprint density at radius 1 is 0.949 bits per heavy atom. The molecule has 0 bridgehead atoms. The summed E-state index contributed by atoms with van der Waals surface area (Å²) >= 11 is 1.29. The Bertz CT molecular complexity index is 2210. The summed E-state index contributed by atoms with van der Waals surface area (Å²) < 4.78 is 4.31. The second-order valence-electron chi connectivity index (χ2n) is 17.3. The first kappa shape index (κ1) is 39.2. The van der Waals surface area contributed by atoms with E-state index in [2.05, 4.69) is 34.7 Å². The molecule has 6 aliphatic rings. The Balaban J connectivity index is 0.764. The number of hydrogen-bond donors (Lipinski definition) is 3. The van der Waals surface area contributed by atoms with Crippen LogP contribution in [0.25, 0.3) is 0 Å². The van der Waals surface area contributed by atoms with Gasteiger partial charge in [-0.25, -0.2) is 9.97 Å². The monoisotopic (exact) mass is 822 g/mol. The lowest BCUT2D eigenvalue weighted by atomic mass is 9.76. The van der Waals surface area contributed by atoms with Gasteiger partial charge >= 0.3 is 0 Å². The van der Waals surface area contributed by atoms with E-state index in [1.54, 1.807) is 18.3 Å². The Morgan fingerprint density at radius 2 is 1.71 bits per heavy atom. The van der Waals surface area contributed by atoms with E-state index in [-0.39, 0.29) is 35.9 Å². The largest absolute Gasteiger partial charge is 0.371 e. The predicted octanol–water partition coefficient (Wildman–Crippen LogP) is 3.74. The van der Waals surface area contributed by atoms with Crippen molar-refractivity contribution in [2.45, 2.75) is 95.6 Å². The van der Waals surface area contributed by atoms with Crippen LogP contribution in [0.2, 0.25) is 0 Å². The van der Waals surface area contributed by atoms with Crippen LogP contribution in [0.1, 0.15) is 119 Å². The van der Waals surface area contributed by atoms with E-state index in [0.29, 0.717) is 28.8 Å². The molecular formula is C42H50N10O6S. The number of imide groups is 2. The Hall–Kier alpha value is -5.29. The van der Waals surface area contributed by atoms with Gasteiger partial charge in [-0.1, -0.05) is 6.42 Å². The third-order valence-electron chi connectivity index (χ3n) is 13.7. The average Bonchev–Trinajstić information content (AvgIpc) is 3.87. The highest BCUT2D eigenvalue weighted by molar-refractivity contribution is 7.10. The average molecular weight is 823 g/mol. The van der Waals surface area contributed by atoms with Crippen molar-refractivity contribution >= 4 is 63.5 Å². The van der Waals surface area contributed by atoms with Gasteiger partial charge in [0, 0.05) is 56.4 Å². The predicted molar refractivity (Wildman–Crippen MR) is 218 cm³/mol. The molecule has 7 heterocycles. The third-order valence-corrected chi connectivity index (χ3v) is 14.5. The number of hydrogen-bond acceptors (Lipinski definition) is 13. The molecule has 1 unspecified atom stereocenters. The minimum Gasteiger partial charge on any atom is -0.371 e. The van der Waals surface area contributed by atoms with Crippen molar-refractivity contribution in [2.75, 3.05) is 49.5 Å². The molecule has 2 aromatic heterocycles. The smallest absolute Gasteiger partial charge is 0.271 e. The molecule has 310 valence electrons. The fourth-order valence-electron chi connectivity index (χ4n) is 10.3. The second-order valence-corrected chi connectivity index (χ2v) is 18.1. The van der Waals surface area contributed by atoms with Gasteiger partial charge in [0.15, 0.2) is 11.5 Å². The highest BCUT2D eigenvalue weighted by Crippen LogP contribution is 2.45. The quantitative estimate of drug-likeness (QED) is 0.264. The lowest BCUT2D eigenvalue weighted by Crippen LogP contribution is -2.54. The third kappa shape index (κ3) is 7.47. The van der Waals surface area contributed by atoms with Crippen molar-refractivity contribution in [3.63, 3.8) is 0 Å². The number of likely N-dealkylation sites (tertiary alicyclic amines) is 2. The van der Waals surface area contributed by atoms with Gasteiger partial charge in [-0.15, -0.1) is 0 Å². The molecule has 3 aromatic rings. The molecule has 4 saturated heterocycles. The topological polar surface area (TPSA) is 204 Å². The number of carbonyl (C=O) groups excluding carboxylic acids is 6. The molecule has 5 aliphatic heterocycles. The molecular weight excluding hydrogens is 773 g/mol. The zero-order chi connectivity index (χ0) is 41.0. The van der Waals surface area contributed by atoms with Crippen LogP contribution < -0.4 is 21.3 Å². The zero-order valence-electron chi connectivity index (χ0n) is 33.3. The molecule has 16 nitrogen and oxygen atoms in total. The van der Waals surface area contributed by atoms with E-state index in [9.17, 15) is 28.8 Å². The molecule has 1 aliphatic carbocycles. The summed E-state index contributed by atoms with van der Waals surface area (Å²) in [6.07, 6.45) is 10.3. The van der Waals surface area contributed by atoms with Crippen LogP contribution in [0.5, 0.6) is 0 Å². The maximum absolute atomic E-state index is 14.2. The summed E-state index contributed by atoms with van der Waals surface area (Å²) in [5, 5.41) is 6.21. The van der Waals surface area contributed by atoms with Gasteiger partial charge in [0.2, 0.25) is 17.7 Å². The number of piperidine rings is 3. The number of aromatic nitrogens is 3. The second kappa shape index (κ2) is 15.7. The summed E-state index contributed by atoms with van der Waals surface area (Å²) in [6, 6.07) is 6.40. The van der Waals surface area contributed by atoms with Crippen LogP contribution >= 0.6 is 11.5 Å². The van der Waals surface area contributed by atoms with E-state index in [1.165, 1.54) is 11.5 Å². The number of nitrogens with one attached hydrogen (secondary N) is 2. The first-order valence-corrected chi connectivity index (χ1v) is 21.7. The molecule has 9 rings (SSSR count). The highest BCUT2D eigenvalue weighted by Gasteiger charge is 2.50. The fraction of sp³-hybridized carbons (Fsp3) is 0.548. The number of rotatable bonds is 9. The van der Waals surface area contributed by atoms with Gasteiger partial charge in [0.25, 0.3) is 17.7 Å². The summed E-state index contributed by atoms with van der Waals surface area (Å²) in [5.41, 5.74) is 8.61. The van der Waals surface area contributed by atoms with E-state index >= 15 is 0 Å². The fourth-order valence-corrected chi connectivity index (χ4v) is 11.0. The number of primary amides is 1. The van der Waals surface area contributed by atoms with Gasteiger partial charge in [-0.3, -0.25) is 39.0 Å². The van der Waals surface area contributed by atoms with Crippen LogP contribution in [0.4, 0.5) is 16.5 Å². The summed E-state index contributed by atoms with van der Waals surface area (Å²) in [6.45, 7) is 7.18. The van der Waals surface area contributed by atoms with E-state index in [1.807, 2.05) is 19.1 Å². The summed E-state index contributed by atoms with van der Waals surface area (Å²) in [4.78, 5) is 94.3. The van der Waals surface area contributed by atoms with Crippen molar-refractivity contribution in [3.05, 3.63) is 58.7 Å². The Morgan fingerprint density at radius 3 is 2.44 bits per heavy atom. The zero-order valence-corrected chi connectivity index (χ0v) is 34.1. The molecule has 5 fully saturated rings. The molecule has 59 heavy (non-hydrogen) atoms. The van der Waals surface area contributed by atoms with Crippen LogP contribution in [0, 0.1) is 18.3 Å². The van der Waals surface area contributed by atoms with E-state index in [4.69, 9.17) is 10.7 Å². The van der Waals surface area contributed by atoms with Gasteiger partial charge in [-0.05, 0) is 120 Å². The Labute approximate surface area is 346 Å². The van der Waals surface area contributed by atoms with Crippen molar-refractivity contribution in [1.82, 2.24) is 34.4 Å². The number of fused-ring (bicyclic) bond motifs is 1. The lowest BCUT2D eigenvalue weighted by molar-refractivity contribution is -0.141. The molecule has 1 spiro atoms. The van der Waals surface area contributed by atoms with Crippen LogP contribution in [0.3, 0.4) is 0 Å². The number of nitrogens with two attached hydrogens (primary N) is 1. The van der Waals surface area contributed by atoms with Crippen LogP contribution in [0.15, 0.2) is 30.5 Å².